The molecule has 2 N–H and O–H groups in total. The van der Waals surface area contributed by atoms with Crippen molar-refractivity contribution in [3.05, 3.63) is 90.0 Å². The fourth-order valence-electron chi connectivity index (χ4n) is 4.19. The molecule has 0 aliphatic carbocycles. The molecule has 0 aromatic heterocycles. The molecule has 4 rings (SSSR count). The summed E-state index contributed by atoms with van der Waals surface area (Å²) in [6.07, 6.45) is 2.08. The second-order valence-corrected chi connectivity index (χ2v) is 8.45. The summed E-state index contributed by atoms with van der Waals surface area (Å²) in [6.45, 7) is 4.08. The van der Waals surface area contributed by atoms with Crippen molar-refractivity contribution in [1.29, 1.82) is 0 Å². The summed E-state index contributed by atoms with van der Waals surface area (Å²) in [4.78, 5) is 41.8. The Morgan fingerprint density at radius 2 is 1.49 bits per heavy atom. The van der Waals surface area contributed by atoms with Crippen LogP contribution in [0.5, 0.6) is 0 Å². The Labute approximate surface area is 205 Å². The number of nitrogens with one attached hydrogen (secondary N) is 2. The van der Waals surface area contributed by atoms with Crippen molar-refractivity contribution in [2.75, 3.05) is 41.7 Å². The number of carbonyl (C=O) groups excluding carboxylic acids is 3. The van der Waals surface area contributed by atoms with Gasteiger partial charge in [0.25, 0.3) is 11.8 Å². The van der Waals surface area contributed by atoms with Crippen LogP contribution in [0.25, 0.3) is 0 Å². The summed E-state index contributed by atoms with van der Waals surface area (Å²) in [5.74, 6) is -0.359. The van der Waals surface area contributed by atoms with Crippen molar-refractivity contribution in [2.24, 2.45) is 0 Å². The van der Waals surface area contributed by atoms with E-state index >= 15 is 0 Å². The number of rotatable bonds is 8. The van der Waals surface area contributed by atoms with Gasteiger partial charge in [0.05, 0.1) is 6.54 Å². The van der Waals surface area contributed by atoms with Gasteiger partial charge in [0, 0.05) is 47.8 Å². The van der Waals surface area contributed by atoms with Crippen LogP contribution in [0.4, 0.5) is 17.1 Å². The molecule has 1 aliphatic heterocycles. The van der Waals surface area contributed by atoms with Gasteiger partial charge in [0.2, 0.25) is 5.91 Å². The summed E-state index contributed by atoms with van der Waals surface area (Å²) in [5.41, 5.74) is 3.18. The standard InChI is InChI=1S/C28H30N4O3/c1-2-32(25-14-4-3-5-15-25)28(35)22-11-9-13-24(19-22)30-26(33)20-29-23-12-8-10-21(18-23)27(34)31-16-6-7-17-31/h3-5,8-15,18-19,29H,2,6-7,16-17,20H2,1H3,(H,30,33). The average molecular weight is 471 g/mol. The summed E-state index contributed by atoms with van der Waals surface area (Å²) >= 11 is 0. The maximum atomic E-state index is 13.1. The Morgan fingerprint density at radius 3 is 2.20 bits per heavy atom. The zero-order valence-electron chi connectivity index (χ0n) is 19.9. The van der Waals surface area contributed by atoms with E-state index in [9.17, 15) is 14.4 Å². The van der Waals surface area contributed by atoms with Crippen LogP contribution in [-0.4, -0.2) is 48.8 Å². The second-order valence-electron chi connectivity index (χ2n) is 8.45. The van der Waals surface area contributed by atoms with E-state index in [1.54, 1.807) is 41.3 Å². The number of benzene rings is 3. The highest BCUT2D eigenvalue weighted by molar-refractivity contribution is 6.07. The van der Waals surface area contributed by atoms with Crippen LogP contribution in [0.3, 0.4) is 0 Å². The highest BCUT2D eigenvalue weighted by atomic mass is 16.2. The molecule has 0 atom stereocenters. The van der Waals surface area contributed by atoms with E-state index in [0.717, 1.165) is 31.6 Å². The first-order chi connectivity index (χ1) is 17.0. The van der Waals surface area contributed by atoms with Crippen LogP contribution in [0.1, 0.15) is 40.5 Å². The second kappa shape index (κ2) is 11.3. The van der Waals surface area contributed by atoms with E-state index in [1.165, 1.54) is 0 Å². The molecule has 0 spiro atoms. The largest absolute Gasteiger partial charge is 0.376 e. The van der Waals surface area contributed by atoms with Crippen molar-refractivity contribution in [3.8, 4) is 0 Å². The van der Waals surface area contributed by atoms with Crippen LogP contribution in [0, 0.1) is 0 Å². The molecule has 0 unspecified atom stereocenters. The van der Waals surface area contributed by atoms with Gasteiger partial charge < -0.3 is 20.4 Å². The number of anilines is 3. The number of nitrogens with zero attached hydrogens (tertiary/aromatic N) is 2. The predicted molar refractivity (Wildman–Crippen MR) is 139 cm³/mol. The summed E-state index contributed by atoms with van der Waals surface area (Å²) in [5, 5.41) is 5.92. The normalized spacial score (nSPS) is 12.8. The van der Waals surface area contributed by atoms with Gasteiger partial charge in [-0.15, -0.1) is 0 Å². The number of likely N-dealkylation sites (tertiary alicyclic amines) is 1. The van der Waals surface area contributed by atoms with Crippen LogP contribution >= 0.6 is 0 Å². The van der Waals surface area contributed by atoms with Gasteiger partial charge in [0.1, 0.15) is 0 Å². The molecule has 0 saturated carbocycles. The van der Waals surface area contributed by atoms with Gasteiger partial charge >= 0.3 is 0 Å². The molecule has 1 fully saturated rings. The first kappa shape index (κ1) is 24.0. The van der Waals surface area contributed by atoms with E-state index in [-0.39, 0.29) is 24.3 Å². The molecular weight excluding hydrogens is 440 g/mol. The number of amides is 3. The minimum Gasteiger partial charge on any atom is -0.376 e. The molecule has 35 heavy (non-hydrogen) atoms. The molecule has 7 nitrogen and oxygen atoms in total. The fraction of sp³-hybridized carbons (Fsp3) is 0.250. The molecular formula is C28H30N4O3. The molecule has 3 aromatic carbocycles. The molecule has 180 valence electrons. The Morgan fingerprint density at radius 1 is 0.829 bits per heavy atom. The smallest absolute Gasteiger partial charge is 0.258 e. The fourth-order valence-corrected chi connectivity index (χ4v) is 4.19. The van der Waals surface area contributed by atoms with Crippen molar-refractivity contribution < 1.29 is 14.4 Å². The molecule has 1 heterocycles. The monoisotopic (exact) mass is 470 g/mol. The Kier molecular flexibility index (Phi) is 7.77. The van der Waals surface area contributed by atoms with Crippen LogP contribution in [0.15, 0.2) is 78.9 Å². The number of hydrogen-bond donors (Lipinski definition) is 2. The zero-order chi connectivity index (χ0) is 24.6. The van der Waals surface area contributed by atoms with Crippen LogP contribution in [0.2, 0.25) is 0 Å². The summed E-state index contributed by atoms with van der Waals surface area (Å²) in [7, 11) is 0. The van der Waals surface area contributed by atoms with Crippen molar-refractivity contribution in [1.82, 2.24) is 4.90 Å². The Hall–Kier alpha value is -4.13. The average Bonchev–Trinajstić information content (AvgIpc) is 3.43. The van der Waals surface area contributed by atoms with Crippen LogP contribution in [-0.2, 0) is 4.79 Å². The molecule has 3 aromatic rings. The van der Waals surface area contributed by atoms with Crippen molar-refractivity contribution in [2.45, 2.75) is 19.8 Å². The Bertz CT molecular complexity index is 1190. The zero-order valence-corrected chi connectivity index (χ0v) is 19.9. The lowest BCUT2D eigenvalue weighted by Gasteiger charge is -2.21. The molecule has 3 amide bonds. The van der Waals surface area contributed by atoms with Gasteiger partial charge in [0.15, 0.2) is 0 Å². The number of carbonyl (C=O) groups is 3. The van der Waals surface area contributed by atoms with Crippen LogP contribution < -0.4 is 15.5 Å². The molecule has 1 saturated heterocycles. The number of para-hydroxylation sites is 1. The third-order valence-corrected chi connectivity index (χ3v) is 5.98. The van der Waals surface area contributed by atoms with Gasteiger partial charge in [-0.25, -0.2) is 0 Å². The predicted octanol–water partition coefficient (Wildman–Crippen LogP) is 4.64. The van der Waals surface area contributed by atoms with E-state index in [0.29, 0.717) is 29.0 Å². The van der Waals surface area contributed by atoms with Gasteiger partial charge in [-0.05, 0) is 68.3 Å². The lowest BCUT2D eigenvalue weighted by Crippen LogP contribution is -2.30. The maximum Gasteiger partial charge on any atom is 0.258 e. The third-order valence-electron chi connectivity index (χ3n) is 5.98. The molecule has 7 heteroatoms. The highest BCUT2D eigenvalue weighted by Crippen LogP contribution is 2.19. The number of hydrogen-bond acceptors (Lipinski definition) is 4. The van der Waals surface area contributed by atoms with Gasteiger partial charge in [-0.3, -0.25) is 14.4 Å². The third kappa shape index (κ3) is 6.06. The van der Waals surface area contributed by atoms with E-state index in [1.807, 2.05) is 54.3 Å². The topological polar surface area (TPSA) is 81.8 Å². The molecule has 1 aliphatic rings. The lowest BCUT2D eigenvalue weighted by molar-refractivity contribution is -0.114. The van der Waals surface area contributed by atoms with E-state index in [4.69, 9.17) is 0 Å². The maximum absolute atomic E-state index is 13.1. The van der Waals surface area contributed by atoms with E-state index < -0.39 is 0 Å². The summed E-state index contributed by atoms with van der Waals surface area (Å²) < 4.78 is 0. The minimum atomic E-state index is -0.249. The first-order valence-corrected chi connectivity index (χ1v) is 11.9. The van der Waals surface area contributed by atoms with Crippen molar-refractivity contribution in [3.63, 3.8) is 0 Å². The minimum absolute atomic E-state index is 0.0220. The van der Waals surface area contributed by atoms with Gasteiger partial charge in [-0.1, -0.05) is 30.3 Å². The SMILES string of the molecule is CCN(C(=O)c1cccc(NC(=O)CNc2cccc(C(=O)N3CCCC3)c2)c1)c1ccccc1. The highest BCUT2D eigenvalue weighted by Gasteiger charge is 2.20. The summed E-state index contributed by atoms with van der Waals surface area (Å²) in [6, 6.07) is 23.6. The lowest BCUT2D eigenvalue weighted by atomic mass is 10.1. The quantitative estimate of drug-likeness (QED) is 0.503. The van der Waals surface area contributed by atoms with Crippen molar-refractivity contribution >= 4 is 34.8 Å². The molecule has 0 bridgehead atoms. The Balaban J connectivity index is 1.36. The first-order valence-electron chi connectivity index (χ1n) is 11.9. The molecule has 0 radical (unpaired) electrons. The van der Waals surface area contributed by atoms with E-state index in [2.05, 4.69) is 10.6 Å². The van der Waals surface area contributed by atoms with Gasteiger partial charge in [-0.2, -0.15) is 0 Å².